The van der Waals surface area contributed by atoms with Crippen LogP contribution in [0.2, 0.25) is 0 Å². The fourth-order valence-corrected chi connectivity index (χ4v) is 2.64. The number of rotatable bonds is 3. The van der Waals surface area contributed by atoms with Crippen LogP contribution < -0.4 is 0 Å². The van der Waals surface area contributed by atoms with Crippen molar-refractivity contribution < 1.29 is 14.3 Å². The van der Waals surface area contributed by atoms with Crippen molar-refractivity contribution in [2.24, 2.45) is 5.92 Å². The van der Waals surface area contributed by atoms with Gasteiger partial charge in [0, 0.05) is 5.25 Å². The number of nitrogens with zero attached hydrogens (tertiary/aromatic N) is 1. The molecule has 1 N–H and O–H groups in total. The number of oxazole rings is 1. The summed E-state index contributed by atoms with van der Waals surface area (Å²) in [5.41, 5.74) is 0.832. The summed E-state index contributed by atoms with van der Waals surface area (Å²) in [6.45, 7) is 1.85. The summed E-state index contributed by atoms with van der Waals surface area (Å²) in [5, 5.41) is 9.53. The van der Waals surface area contributed by atoms with Crippen molar-refractivity contribution in [2.45, 2.75) is 30.2 Å². The van der Waals surface area contributed by atoms with E-state index in [9.17, 15) is 4.79 Å². The molecule has 76 valence electrons. The summed E-state index contributed by atoms with van der Waals surface area (Å²) in [6, 6.07) is 0. The number of aliphatic carboxylic acids is 1. The number of carboxylic acid groups (broad SMARTS) is 1. The number of carbonyl (C=O) groups is 1. The molecule has 0 spiro atoms. The van der Waals surface area contributed by atoms with Crippen LogP contribution in [0.3, 0.4) is 0 Å². The average Bonchev–Trinajstić information content (AvgIpc) is 2.44. The van der Waals surface area contributed by atoms with Crippen molar-refractivity contribution in [2.75, 3.05) is 0 Å². The van der Waals surface area contributed by atoms with E-state index in [-0.39, 0.29) is 11.2 Å². The summed E-state index contributed by atoms with van der Waals surface area (Å²) >= 11 is 1.43. The molecule has 0 saturated heterocycles. The molecule has 0 radical (unpaired) electrons. The number of hydrogen-bond donors (Lipinski definition) is 1. The predicted octanol–water partition coefficient (Wildman–Crippen LogP) is 1.94. The van der Waals surface area contributed by atoms with Gasteiger partial charge >= 0.3 is 5.97 Å². The Morgan fingerprint density at radius 3 is 2.93 bits per heavy atom. The molecule has 2 unspecified atom stereocenters. The molecular weight excluding hydrogens is 202 g/mol. The highest BCUT2D eigenvalue weighted by Gasteiger charge is 2.38. The minimum absolute atomic E-state index is 0.130. The Bertz CT molecular complexity index is 350. The van der Waals surface area contributed by atoms with Gasteiger partial charge in [-0.2, -0.15) is 0 Å². The molecule has 2 rings (SSSR count). The Kier molecular flexibility index (Phi) is 2.50. The highest BCUT2D eigenvalue weighted by atomic mass is 32.2. The SMILES string of the molecule is Cc1coc(SC2CCC2C(=O)O)n1. The summed E-state index contributed by atoms with van der Waals surface area (Å²) in [5.74, 6) is -0.941. The standard InChI is InChI=1S/C9H11NO3S/c1-5-4-13-9(10-5)14-7-3-2-6(7)8(11)12/h4,6-7H,2-3H2,1H3,(H,11,12). The molecule has 0 aliphatic heterocycles. The van der Waals surface area contributed by atoms with E-state index in [0.717, 1.165) is 18.5 Å². The smallest absolute Gasteiger partial charge is 0.307 e. The molecule has 1 fully saturated rings. The van der Waals surface area contributed by atoms with E-state index in [2.05, 4.69) is 4.98 Å². The number of hydrogen-bond acceptors (Lipinski definition) is 4. The zero-order chi connectivity index (χ0) is 10.1. The molecule has 2 atom stereocenters. The number of carboxylic acids is 1. The fourth-order valence-electron chi connectivity index (χ4n) is 1.41. The van der Waals surface area contributed by atoms with E-state index in [0.29, 0.717) is 5.22 Å². The second-order valence-corrected chi connectivity index (χ2v) is 4.62. The van der Waals surface area contributed by atoms with Gasteiger partial charge in [0.2, 0.25) is 0 Å². The Morgan fingerprint density at radius 1 is 1.71 bits per heavy atom. The quantitative estimate of drug-likeness (QED) is 0.831. The lowest BCUT2D eigenvalue weighted by atomic mass is 9.85. The van der Waals surface area contributed by atoms with Gasteiger partial charge in [-0.05, 0) is 19.8 Å². The first-order chi connectivity index (χ1) is 6.66. The van der Waals surface area contributed by atoms with Crippen molar-refractivity contribution >= 4 is 17.7 Å². The Morgan fingerprint density at radius 2 is 2.50 bits per heavy atom. The van der Waals surface area contributed by atoms with E-state index in [1.165, 1.54) is 11.8 Å². The molecule has 0 amide bonds. The topological polar surface area (TPSA) is 63.3 Å². The molecule has 1 aromatic heterocycles. The van der Waals surface area contributed by atoms with E-state index in [1.54, 1.807) is 6.26 Å². The number of aryl methyl sites for hydroxylation is 1. The van der Waals surface area contributed by atoms with E-state index >= 15 is 0 Å². The first kappa shape index (κ1) is 9.58. The van der Waals surface area contributed by atoms with E-state index < -0.39 is 5.97 Å². The highest BCUT2D eigenvalue weighted by molar-refractivity contribution is 7.99. The lowest BCUT2D eigenvalue weighted by molar-refractivity contribution is -0.144. The lowest BCUT2D eigenvalue weighted by Gasteiger charge is -2.31. The summed E-state index contributed by atoms with van der Waals surface area (Å²) in [4.78, 5) is 14.9. The van der Waals surface area contributed by atoms with Gasteiger partial charge in [-0.1, -0.05) is 11.8 Å². The lowest BCUT2D eigenvalue weighted by Crippen LogP contribution is -2.35. The zero-order valence-corrected chi connectivity index (χ0v) is 8.58. The zero-order valence-electron chi connectivity index (χ0n) is 7.77. The number of thioether (sulfide) groups is 1. The molecule has 1 aliphatic rings. The van der Waals surface area contributed by atoms with Crippen molar-refractivity contribution in [3.63, 3.8) is 0 Å². The summed E-state index contributed by atoms with van der Waals surface area (Å²) < 4.78 is 5.16. The Labute approximate surface area is 85.7 Å². The predicted molar refractivity (Wildman–Crippen MR) is 51.2 cm³/mol. The van der Waals surface area contributed by atoms with Crippen molar-refractivity contribution in [3.8, 4) is 0 Å². The van der Waals surface area contributed by atoms with Crippen LogP contribution in [0.25, 0.3) is 0 Å². The second kappa shape index (κ2) is 3.65. The third-order valence-electron chi connectivity index (χ3n) is 2.38. The maximum absolute atomic E-state index is 10.7. The fraction of sp³-hybridized carbons (Fsp3) is 0.556. The molecule has 14 heavy (non-hydrogen) atoms. The summed E-state index contributed by atoms with van der Waals surface area (Å²) in [6.07, 6.45) is 3.28. The third-order valence-corrected chi connectivity index (χ3v) is 3.63. The minimum atomic E-state index is -0.711. The maximum atomic E-state index is 10.7. The largest absolute Gasteiger partial charge is 0.481 e. The Balaban J connectivity index is 1.95. The van der Waals surface area contributed by atoms with Gasteiger partial charge in [0.15, 0.2) is 0 Å². The molecule has 4 nitrogen and oxygen atoms in total. The van der Waals surface area contributed by atoms with E-state index in [4.69, 9.17) is 9.52 Å². The third kappa shape index (κ3) is 1.77. The van der Waals surface area contributed by atoms with Crippen LogP contribution in [0, 0.1) is 12.8 Å². The first-order valence-electron chi connectivity index (χ1n) is 4.48. The van der Waals surface area contributed by atoms with Gasteiger partial charge in [0.05, 0.1) is 11.6 Å². The van der Waals surface area contributed by atoms with Gasteiger partial charge < -0.3 is 9.52 Å². The average molecular weight is 213 g/mol. The van der Waals surface area contributed by atoms with E-state index in [1.807, 2.05) is 6.92 Å². The summed E-state index contributed by atoms with van der Waals surface area (Å²) in [7, 11) is 0. The second-order valence-electron chi connectivity index (χ2n) is 3.43. The van der Waals surface area contributed by atoms with Gasteiger partial charge in [-0.25, -0.2) is 4.98 Å². The molecule has 5 heteroatoms. The van der Waals surface area contributed by atoms with Crippen LogP contribution in [0.1, 0.15) is 18.5 Å². The number of aromatic nitrogens is 1. The molecular formula is C9H11NO3S. The van der Waals surface area contributed by atoms with Crippen molar-refractivity contribution in [1.82, 2.24) is 4.98 Å². The molecule has 1 aromatic rings. The minimum Gasteiger partial charge on any atom is -0.481 e. The maximum Gasteiger partial charge on any atom is 0.307 e. The van der Waals surface area contributed by atoms with Crippen LogP contribution in [-0.2, 0) is 4.79 Å². The van der Waals surface area contributed by atoms with Gasteiger partial charge in [0.25, 0.3) is 5.22 Å². The van der Waals surface area contributed by atoms with Crippen LogP contribution in [0.15, 0.2) is 15.9 Å². The van der Waals surface area contributed by atoms with Crippen molar-refractivity contribution in [3.05, 3.63) is 12.0 Å². The normalized spacial score (nSPS) is 25.8. The van der Waals surface area contributed by atoms with Gasteiger partial charge in [-0.15, -0.1) is 0 Å². The monoisotopic (exact) mass is 213 g/mol. The van der Waals surface area contributed by atoms with Gasteiger partial charge in [0.1, 0.15) is 6.26 Å². The highest BCUT2D eigenvalue weighted by Crippen LogP contribution is 2.40. The molecule has 0 aromatic carbocycles. The molecule has 0 bridgehead atoms. The van der Waals surface area contributed by atoms with Crippen LogP contribution in [0.5, 0.6) is 0 Å². The first-order valence-corrected chi connectivity index (χ1v) is 5.36. The molecule has 1 saturated carbocycles. The van der Waals surface area contributed by atoms with Crippen LogP contribution in [0.4, 0.5) is 0 Å². The molecule has 1 aliphatic carbocycles. The van der Waals surface area contributed by atoms with Crippen LogP contribution >= 0.6 is 11.8 Å². The van der Waals surface area contributed by atoms with Gasteiger partial charge in [-0.3, -0.25) is 4.79 Å². The molecule has 1 heterocycles. The van der Waals surface area contributed by atoms with Crippen LogP contribution in [-0.4, -0.2) is 21.3 Å². The van der Waals surface area contributed by atoms with Crippen molar-refractivity contribution in [1.29, 1.82) is 0 Å². The Hall–Kier alpha value is -0.970.